The fourth-order valence-corrected chi connectivity index (χ4v) is 4.72. The molecule has 9 nitrogen and oxygen atoms in total. The first-order valence-corrected chi connectivity index (χ1v) is 12.4. The Morgan fingerprint density at radius 3 is 2.41 bits per heavy atom. The van der Waals surface area contributed by atoms with Crippen molar-refractivity contribution in [2.24, 2.45) is 0 Å². The zero-order valence-corrected chi connectivity index (χ0v) is 20.1. The third-order valence-corrected chi connectivity index (χ3v) is 6.48. The van der Waals surface area contributed by atoms with Gasteiger partial charge in [0.25, 0.3) is 5.89 Å². The van der Waals surface area contributed by atoms with Crippen LogP contribution in [0, 0.1) is 5.82 Å². The lowest BCUT2D eigenvalue weighted by Crippen LogP contribution is -2.49. The lowest BCUT2D eigenvalue weighted by atomic mass is 10.0. The van der Waals surface area contributed by atoms with Gasteiger partial charge in [-0.2, -0.15) is 13.1 Å². The van der Waals surface area contributed by atoms with Crippen molar-refractivity contribution >= 4 is 16.1 Å². The number of hydrogen-bond donors (Lipinski definition) is 0. The molecule has 0 saturated carbocycles. The number of nitrogens with zero attached hydrogens (tertiary/aromatic N) is 4. The van der Waals surface area contributed by atoms with Gasteiger partial charge >= 0.3 is 12.5 Å². The number of piperidine rings is 1. The predicted molar refractivity (Wildman–Crippen MR) is 116 cm³/mol. The first-order valence-electron chi connectivity index (χ1n) is 10.6. The number of alkyl halides is 2. The van der Waals surface area contributed by atoms with Crippen LogP contribution in [0.25, 0.3) is 11.5 Å². The van der Waals surface area contributed by atoms with Gasteiger partial charge < -0.3 is 14.1 Å². The predicted octanol–water partition coefficient (Wildman–Crippen LogP) is 3.97. The van der Waals surface area contributed by atoms with Crippen LogP contribution in [-0.4, -0.2) is 64.9 Å². The van der Waals surface area contributed by atoms with Gasteiger partial charge in [0.1, 0.15) is 11.4 Å². The van der Waals surface area contributed by atoms with E-state index in [9.17, 15) is 26.4 Å². The summed E-state index contributed by atoms with van der Waals surface area (Å²) in [6, 6.07) is 3.35. The van der Waals surface area contributed by atoms with Crippen LogP contribution in [0.1, 0.15) is 51.5 Å². The number of benzene rings is 1. The summed E-state index contributed by atoms with van der Waals surface area (Å²) in [6.07, 6.45) is -1.64. The average molecular weight is 505 g/mol. The van der Waals surface area contributed by atoms with Crippen molar-refractivity contribution in [1.29, 1.82) is 0 Å². The zero-order chi connectivity index (χ0) is 25.3. The number of amides is 1. The molecule has 3 rings (SSSR count). The molecule has 2 heterocycles. The fourth-order valence-electron chi connectivity index (χ4n) is 3.60. The summed E-state index contributed by atoms with van der Waals surface area (Å²) in [7, 11) is -3.71. The van der Waals surface area contributed by atoms with Crippen molar-refractivity contribution in [3.8, 4) is 11.5 Å². The molecule has 0 bridgehead atoms. The normalized spacial score (nSPS) is 15.9. The van der Waals surface area contributed by atoms with Crippen LogP contribution in [0.4, 0.5) is 18.0 Å². The Bertz CT molecular complexity index is 1130. The van der Waals surface area contributed by atoms with Gasteiger partial charge in [-0.25, -0.2) is 17.6 Å². The first-order chi connectivity index (χ1) is 15.7. The SMILES string of the molecule is CC(C)(C)OC(=O)N1CCC(N(Cc2ccc(-c3nnc(C(F)F)o3)cc2F)S(C)(=O)=O)CC1. The molecule has 1 aromatic heterocycles. The maximum Gasteiger partial charge on any atom is 0.410 e. The molecular formula is C21H27F3N4O5S. The van der Waals surface area contributed by atoms with Crippen molar-refractivity contribution < 1.29 is 35.5 Å². The highest BCUT2D eigenvalue weighted by atomic mass is 32.2. The molecule has 1 amide bonds. The molecule has 1 aromatic carbocycles. The number of carbonyl (C=O) groups excluding carboxylic acids is 1. The molecule has 34 heavy (non-hydrogen) atoms. The summed E-state index contributed by atoms with van der Waals surface area (Å²) < 4.78 is 76.5. The molecule has 0 unspecified atom stereocenters. The fraction of sp³-hybridized carbons (Fsp3) is 0.571. The van der Waals surface area contributed by atoms with Crippen LogP contribution >= 0.6 is 0 Å². The molecular weight excluding hydrogens is 477 g/mol. The molecule has 0 radical (unpaired) electrons. The van der Waals surface area contributed by atoms with Crippen molar-refractivity contribution in [3.05, 3.63) is 35.5 Å². The van der Waals surface area contributed by atoms with E-state index >= 15 is 0 Å². The monoisotopic (exact) mass is 504 g/mol. The third kappa shape index (κ3) is 6.47. The molecule has 2 aromatic rings. The second kappa shape index (κ2) is 9.90. The summed E-state index contributed by atoms with van der Waals surface area (Å²) in [5.74, 6) is -1.88. The maximum atomic E-state index is 14.8. The van der Waals surface area contributed by atoms with Crippen molar-refractivity contribution in [1.82, 2.24) is 19.4 Å². The van der Waals surface area contributed by atoms with Gasteiger partial charge in [-0.1, -0.05) is 6.07 Å². The highest BCUT2D eigenvalue weighted by Crippen LogP contribution is 2.27. The zero-order valence-electron chi connectivity index (χ0n) is 19.3. The van der Waals surface area contributed by atoms with E-state index in [-0.39, 0.29) is 23.6 Å². The molecule has 1 aliphatic heterocycles. The number of carbonyl (C=O) groups is 1. The Hall–Kier alpha value is -2.67. The Labute approximate surface area is 195 Å². The van der Waals surface area contributed by atoms with E-state index in [1.54, 1.807) is 20.8 Å². The summed E-state index contributed by atoms with van der Waals surface area (Å²) in [5, 5.41) is 6.69. The molecule has 0 N–H and O–H groups in total. The van der Waals surface area contributed by atoms with E-state index < -0.39 is 45.9 Å². The molecule has 0 atom stereocenters. The van der Waals surface area contributed by atoms with E-state index in [1.165, 1.54) is 21.3 Å². The number of rotatable bonds is 6. The number of aromatic nitrogens is 2. The van der Waals surface area contributed by atoms with Gasteiger partial charge in [-0.05, 0) is 45.7 Å². The van der Waals surface area contributed by atoms with Crippen LogP contribution in [0.3, 0.4) is 0 Å². The molecule has 1 aliphatic rings. The maximum absolute atomic E-state index is 14.8. The van der Waals surface area contributed by atoms with E-state index in [0.29, 0.717) is 25.9 Å². The molecule has 1 saturated heterocycles. The van der Waals surface area contributed by atoms with Gasteiger partial charge in [0, 0.05) is 36.8 Å². The topological polar surface area (TPSA) is 106 Å². The van der Waals surface area contributed by atoms with Gasteiger partial charge in [-0.15, -0.1) is 10.2 Å². The molecule has 1 fully saturated rings. The Balaban J connectivity index is 1.72. The van der Waals surface area contributed by atoms with Crippen LogP contribution in [-0.2, 0) is 21.3 Å². The lowest BCUT2D eigenvalue weighted by Gasteiger charge is -2.37. The minimum atomic E-state index is -3.71. The molecule has 0 spiro atoms. The third-order valence-electron chi connectivity index (χ3n) is 5.20. The van der Waals surface area contributed by atoms with Crippen LogP contribution in [0.15, 0.2) is 22.6 Å². The number of halogens is 3. The molecule has 0 aliphatic carbocycles. The largest absolute Gasteiger partial charge is 0.444 e. The highest BCUT2D eigenvalue weighted by molar-refractivity contribution is 7.88. The van der Waals surface area contributed by atoms with Crippen LogP contribution in [0.5, 0.6) is 0 Å². The standard InChI is InChI=1S/C21H27F3N4O5S/c1-21(2,3)33-20(29)27-9-7-15(8-10-27)28(34(4,30)31)12-14-6-5-13(11-16(14)22)18-25-26-19(32-18)17(23)24/h5-6,11,15,17H,7-10,12H2,1-4H3. The van der Waals surface area contributed by atoms with Gasteiger partial charge in [0.05, 0.1) is 6.26 Å². The summed E-state index contributed by atoms with van der Waals surface area (Å²) in [4.78, 5) is 13.8. The Kier molecular flexibility index (Phi) is 7.56. The second-order valence-corrected chi connectivity index (χ2v) is 11.0. The van der Waals surface area contributed by atoms with Gasteiger partial charge in [0.15, 0.2) is 0 Å². The van der Waals surface area contributed by atoms with E-state index in [4.69, 9.17) is 9.15 Å². The molecule has 188 valence electrons. The smallest absolute Gasteiger partial charge is 0.410 e. The van der Waals surface area contributed by atoms with E-state index in [0.717, 1.165) is 12.3 Å². The molecule has 13 heteroatoms. The Morgan fingerprint density at radius 2 is 1.91 bits per heavy atom. The van der Waals surface area contributed by atoms with E-state index in [2.05, 4.69) is 10.2 Å². The number of hydrogen-bond acceptors (Lipinski definition) is 7. The van der Waals surface area contributed by atoms with Gasteiger partial charge in [0.2, 0.25) is 15.9 Å². The van der Waals surface area contributed by atoms with Crippen LogP contribution in [0.2, 0.25) is 0 Å². The van der Waals surface area contributed by atoms with Crippen molar-refractivity contribution in [2.45, 2.75) is 58.2 Å². The van der Waals surface area contributed by atoms with Crippen LogP contribution < -0.4 is 0 Å². The van der Waals surface area contributed by atoms with E-state index in [1.807, 2.05) is 0 Å². The first kappa shape index (κ1) is 25.9. The minimum absolute atomic E-state index is 0.0947. The highest BCUT2D eigenvalue weighted by Gasteiger charge is 2.33. The number of ether oxygens (including phenoxy) is 1. The van der Waals surface area contributed by atoms with Gasteiger partial charge in [-0.3, -0.25) is 0 Å². The summed E-state index contributed by atoms with van der Waals surface area (Å²) in [5.41, 5.74) is -0.451. The number of likely N-dealkylation sites (tertiary alicyclic amines) is 1. The quantitative estimate of drug-likeness (QED) is 0.586. The second-order valence-electron chi connectivity index (χ2n) is 9.06. The summed E-state index contributed by atoms with van der Waals surface area (Å²) in [6.45, 7) is 5.67. The van der Waals surface area contributed by atoms with Crippen molar-refractivity contribution in [3.63, 3.8) is 0 Å². The average Bonchev–Trinajstić information content (AvgIpc) is 3.21. The number of sulfonamides is 1. The Morgan fingerprint density at radius 1 is 1.26 bits per heavy atom. The summed E-state index contributed by atoms with van der Waals surface area (Å²) >= 11 is 0. The van der Waals surface area contributed by atoms with Crippen molar-refractivity contribution in [2.75, 3.05) is 19.3 Å². The lowest BCUT2D eigenvalue weighted by molar-refractivity contribution is 0.0176. The minimum Gasteiger partial charge on any atom is -0.444 e.